The third-order valence-corrected chi connectivity index (χ3v) is 4.28. The van der Waals surface area contributed by atoms with Crippen molar-refractivity contribution in [2.24, 2.45) is 7.05 Å². The van der Waals surface area contributed by atoms with E-state index in [2.05, 4.69) is 17.1 Å². The highest BCUT2D eigenvalue weighted by molar-refractivity contribution is 5.68. The van der Waals surface area contributed by atoms with E-state index in [0.717, 1.165) is 25.1 Å². The highest BCUT2D eigenvalue weighted by Gasteiger charge is 2.36. The average molecular weight is 324 g/mol. The summed E-state index contributed by atoms with van der Waals surface area (Å²) in [7, 11) is 1.91. The number of piperidine rings is 1. The molecule has 7 heteroatoms. The number of nitrogens with zero attached hydrogens (tertiary/aromatic N) is 4. The first kappa shape index (κ1) is 17.7. The lowest BCUT2D eigenvalue weighted by Gasteiger charge is -2.41. The van der Waals surface area contributed by atoms with Crippen molar-refractivity contribution >= 4 is 6.09 Å². The maximum absolute atomic E-state index is 12.1. The van der Waals surface area contributed by atoms with Crippen LogP contribution in [-0.4, -0.2) is 50.0 Å². The van der Waals surface area contributed by atoms with E-state index >= 15 is 0 Å². The van der Waals surface area contributed by atoms with Gasteiger partial charge in [0.15, 0.2) is 5.82 Å². The normalized spacial score (nSPS) is 18.0. The van der Waals surface area contributed by atoms with Crippen molar-refractivity contribution in [2.75, 3.05) is 13.1 Å². The fraction of sp³-hybridized carbons (Fsp3) is 0.812. The standard InChI is InChI=1S/C16H28N4O3/c1-6-16(22-11-13-18-17-12-19(13)5)7-9-20(10-8-16)14(21)23-15(2,3)4/h12H,6-11H2,1-5H3. The molecule has 0 saturated carbocycles. The molecule has 1 saturated heterocycles. The van der Waals surface area contributed by atoms with Gasteiger partial charge in [0.25, 0.3) is 0 Å². The van der Waals surface area contributed by atoms with Crippen LogP contribution in [0.4, 0.5) is 4.79 Å². The second-order valence-corrected chi connectivity index (χ2v) is 7.15. The lowest BCUT2D eigenvalue weighted by atomic mass is 9.88. The summed E-state index contributed by atoms with van der Waals surface area (Å²) in [5.74, 6) is 0.812. The molecule has 1 aromatic heterocycles. The summed E-state index contributed by atoms with van der Waals surface area (Å²) in [6.45, 7) is 9.53. The summed E-state index contributed by atoms with van der Waals surface area (Å²) in [6.07, 6.45) is 3.95. The third-order valence-electron chi connectivity index (χ3n) is 4.28. The topological polar surface area (TPSA) is 69.5 Å². The quantitative estimate of drug-likeness (QED) is 0.851. The Morgan fingerprint density at radius 3 is 2.48 bits per heavy atom. The Balaban J connectivity index is 1.89. The largest absolute Gasteiger partial charge is 0.444 e. The molecule has 1 fully saturated rings. The van der Waals surface area contributed by atoms with E-state index in [4.69, 9.17) is 9.47 Å². The van der Waals surface area contributed by atoms with Gasteiger partial charge in [-0.15, -0.1) is 10.2 Å². The molecule has 0 atom stereocenters. The number of hydrogen-bond acceptors (Lipinski definition) is 5. The van der Waals surface area contributed by atoms with Gasteiger partial charge in [-0.25, -0.2) is 4.79 Å². The Bertz CT molecular complexity index is 528. The smallest absolute Gasteiger partial charge is 0.410 e. The molecule has 0 bridgehead atoms. The van der Waals surface area contributed by atoms with E-state index in [1.54, 1.807) is 11.2 Å². The monoisotopic (exact) mass is 324 g/mol. The van der Waals surface area contributed by atoms with Crippen LogP contribution in [0.2, 0.25) is 0 Å². The van der Waals surface area contributed by atoms with Crippen LogP contribution in [-0.2, 0) is 23.1 Å². The number of aryl methyl sites for hydroxylation is 1. The van der Waals surface area contributed by atoms with Crippen LogP contribution in [0.5, 0.6) is 0 Å². The third kappa shape index (κ3) is 4.67. The van der Waals surface area contributed by atoms with Crippen LogP contribution >= 0.6 is 0 Å². The van der Waals surface area contributed by atoms with Gasteiger partial charge in [0.2, 0.25) is 0 Å². The van der Waals surface area contributed by atoms with Gasteiger partial charge in [0.05, 0.1) is 5.60 Å². The molecule has 2 heterocycles. The first-order valence-corrected chi connectivity index (χ1v) is 8.19. The Morgan fingerprint density at radius 2 is 2.00 bits per heavy atom. The number of carbonyl (C=O) groups excluding carboxylic acids is 1. The minimum absolute atomic E-state index is 0.204. The Labute approximate surface area is 138 Å². The minimum Gasteiger partial charge on any atom is -0.444 e. The van der Waals surface area contributed by atoms with Gasteiger partial charge in [-0.2, -0.15) is 0 Å². The molecule has 0 spiro atoms. The molecule has 0 unspecified atom stereocenters. The zero-order valence-electron chi connectivity index (χ0n) is 14.8. The van der Waals surface area contributed by atoms with Crippen molar-refractivity contribution in [3.63, 3.8) is 0 Å². The van der Waals surface area contributed by atoms with Gasteiger partial charge in [-0.05, 0) is 40.0 Å². The number of ether oxygens (including phenoxy) is 2. The zero-order valence-corrected chi connectivity index (χ0v) is 14.8. The number of hydrogen-bond donors (Lipinski definition) is 0. The lowest BCUT2D eigenvalue weighted by molar-refractivity contribution is -0.0978. The van der Waals surface area contributed by atoms with Crippen molar-refractivity contribution in [3.8, 4) is 0 Å². The van der Waals surface area contributed by atoms with Crippen LogP contribution in [0.3, 0.4) is 0 Å². The predicted octanol–water partition coefficient (Wildman–Crippen LogP) is 2.51. The molecule has 0 aromatic carbocycles. The fourth-order valence-corrected chi connectivity index (χ4v) is 2.68. The van der Waals surface area contributed by atoms with E-state index < -0.39 is 5.60 Å². The highest BCUT2D eigenvalue weighted by Crippen LogP contribution is 2.31. The first-order chi connectivity index (χ1) is 10.7. The predicted molar refractivity (Wildman–Crippen MR) is 85.9 cm³/mol. The maximum atomic E-state index is 12.1. The molecule has 1 aliphatic rings. The summed E-state index contributed by atoms with van der Waals surface area (Å²) in [4.78, 5) is 13.9. The molecule has 23 heavy (non-hydrogen) atoms. The second-order valence-electron chi connectivity index (χ2n) is 7.15. The van der Waals surface area contributed by atoms with Crippen LogP contribution in [0, 0.1) is 0 Å². The van der Waals surface area contributed by atoms with Gasteiger partial charge in [-0.3, -0.25) is 0 Å². The van der Waals surface area contributed by atoms with Crippen LogP contribution in [0.15, 0.2) is 6.33 Å². The summed E-state index contributed by atoms with van der Waals surface area (Å²) in [5, 5.41) is 7.92. The molecule has 1 aliphatic heterocycles. The zero-order chi connectivity index (χ0) is 17.1. The van der Waals surface area contributed by atoms with Crippen LogP contribution < -0.4 is 0 Å². The number of carbonyl (C=O) groups is 1. The van der Waals surface area contributed by atoms with E-state index in [0.29, 0.717) is 19.7 Å². The van der Waals surface area contributed by atoms with Gasteiger partial charge < -0.3 is 18.9 Å². The maximum Gasteiger partial charge on any atom is 0.410 e. The molecule has 0 aliphatic carbocycles. The number of aromatic nitrogens is 3. The average Bonchev–Trinajstić information content (AvgIpc) is 2.89. The summed E-state index contributed by atoms with van der Waals surface area (Å²) < 4.78 is 13.5. The molecular weight excluding hydrogens is 296 g/mol. The first-order valence-electron chi connectivity index (χ1n) is 8.19. The Hall–Kier alpha value is -1.63. The van der Waals surface area contributed by atoms with E-state index in [-0.39, 0.29) is 11.7 Å². The summed E-state index contributed by atoms with van der Waals surface area (Å²) in [5.41, 5.74) is -0.664. The number of likely N-dealkylation sites (tertiary alicyclic amines) is 1. The number of rotatable bonds is 4. The molecule has 2 rings (SSSR count). The lowest BCUT2D eigenvalue weighted by Crippen LogP contribution is -2.49. The van der Waals surface area contributed by atoms with Crippen molar-refractivity contribution < 1.29 is 14.3 Å². The fourth-order valence-electron chi connectivity index (χ4n) is 2.68. The van der Waals surface area contributed by atoms with Gasteiger partial charge >= 0.3 is 6.09 Å². The molecule has 7 nitrogen and oxygen atoms in total. The van der Waals surface area contributed by atoms with E-state index in [1.807, 2.05) is 32.4 Å². The summed E-state index contributed by atoms with van der Waals surface area (Å²) in [6, 6.07) is 0. The highest BCUT2D eigenvalue weighted by atomic mass is 16.6. The van der Waals surface area contributed by atoms with E-state index in [1.165, 1.54) is 0 Å². The van der Waals surface area contributed by atoms with Crippen LogP contribution in [0.25, 0.3) is 0 Å². The van der Waals surface area contributed by atoms with Crippen molar-refractivity contribution in [1.82, 2.24) is 19.7 Å². The molecular formula is C16H28N4O3. The number of amides is 1. The summed E-state index contributed by atoms with van der Waals surface area (Å²) >= 11 is 0. The molecule has 0 radical (unpaired) electrons. The van der Waals surface area contributed by atoms with E-state index in [9.17, 15) is 4.79 Å². The minimum atomic E-state index is -0.460. The van der Waals surface area contributed by atoms with Crippen molar-refractivity contribution in [1.29, 1.82) is 0 Å². The van der Waals surface area contributed by atoms with Gasteiger partial charge in [-0.1, -0.05) is 6.92 Å². The van der Waals surface area contributed by atoms with Crippen molar-refractivity contribution in [2.45, 2.75) is 64.8 Å². The molecule has 0 N–H and O–H groups in total. The Morgan fingerprint density at radius 1 is 1.35 bits per heavy atom. The molecule has 1 aromatic rings. The van der Waals surface area contributed by atoms with Gasteiger partial charge in [0.1, 0.15) is 18.5 Å². The Kier molecular flexibility index (Phi) is 5.29. The van der Waals surface area contributed by atoms with Crippen molar-refractivity contribution in [3.05, 3.63) is 12.2 Å². The SMILES string of the molecule is CCC1(OCc2nncn2C)CCN(C(=O)OC(C)(C)C)CC1. The second kappa shape index (κ2) is 6.86. The van der Waals surface area contributed by atoms with Gasteiger partial charge in [0, 0.05) is 20.1 Å². The van der Waals surface area contributed by atoms with Crippen LogP contribution in [0.1, 0.15) is 52.8 Å². The molecule has 130 valence electrons. The molecule has 1 amide bonds.